The van der Waals surface area contributed by atoms with Crippen LogP contribution in [0.3, 0.4) is 0 Å². The quantitative estimate of drug-likeness (QED) is 0.560. The molecule has 27 heavy (non-hydrogen) atoms. The zero-order valence-corrected chi connectivity index (χ0v) is 15.7. The van der Waals surface area contributed by atoms with Crippen LogP contribution < -0.4 is 10.6 Å². The Kier molecular flexibility index (Phi) is 7.31. The lowest BCUT2D eigenvalue weighted by molar-refractivity contribution is -0.153. The van der Waals surface area contributed by atoms with Crippen molar-refractivity contribution in [1.29, 1.82) is 0 Å². The Morgan fingerprint density at radius 2 is 1.81 bits per heavy atom. The van der Waals surface area contributed by atoms with Crippen molar-refractivity contribution in [3.63, 3.8) is 0 Å². The Balaban J connectivity index is 1.81. The van der Waals surface area contributed by atoms with Crippen LogP contribution in [-0.2, 0) is 14.3 Å². The van der Waals surface area contributed by atoms with E-state index in [0.717, 1.165) is 0 Å². The van der Waals surface area contributed by atoms with E-state index in [-0.39, 0.29) is 17.5 Å². The zero-order chi connectivity index (χ0) is 19.8. The van der Waals surface area contributed by atoms with Crippen molar-refractivity contribution in [1.82, 2.24) is 10.3 Å². The van der Waals surface area contributed by atoms with Gasteiger partial charge in [0, 0.05) is 17.8 Å². The van der Waals surface area contributed by atoms with E-state index < -0.39 is 24.0 Å². The first-order chi connectivity index (χ1) is 12.9. The van der Waals surface area contributed by atoms with Gasteiger partial charge in [-0.25, -0.2) is 4.98 Å². The highest BCUT2D eigenvalue weighted by atomic mass is 35.5. The predicted octanol–water partition coefficient (Wildman–Crippen LogP) is 2.81. The molecule has 0 aliphatic carbocycles. The molecule has 2 rings (SSSR count). The van der Waals surface area contributed by atoms with Crippen LogP contribution in [0, 0.1) is 0 Å². The van der Waals surface area contributed by atoms with Gasteiger partial charge in [-0.1, -0.05) is 29.8 Å². The van der Waals surface area contributed by atoms with Crippen LogP contribution in [0.1, 0.15) is 30.6 Å². The third kappa shape index (κ3) is 6.38. The molecule has 2 atom stereocenters. The zero-order valence-electron chi connectivity index (χ0n) is 14.9. The fraction of sp³-hybridized carbons (Fsp3) is 0.263. The van der Waals surface area contributed by atoms with Gasteiger partial charge < -0.3 is 15.4 Å². The molecule has 1 heterocycles. The number of benzene rings is 1. The number of esters is 1. The van der Waals surface area contributed by atoms with E-state index in [9.17, 15) is 14.4 Å². The van der Waals surface area contributed by atoms with E-state index in [1.165, 1.54) is 13.1 Å². The first kappa shape index (κ1) is 20.4. The molecule has 2 amide bonds. The summed E-state index contributed by atoms with van der Waals surface area (Å²) < 4.78 is 5.12. The lowest BCUT2D eigenvalue weighted by Crippen LogP contribution is -2.36. The SMILES string of the molecule is CC(CC(=O)OC(C)C(=O)Nc1cccnc1Cl)NC(=O)c1ccccc1. The number of ether oxygens (including phenoxy) is 1. The van der Waals surface area contributed by atoms with Gasteiger partial charge in [-0.3, -0.25) is 14.4 Å². The maximum Gasteiger partial charge on any atom is 0.308 e. The average molecular weight is 390 g/mol. The van der Waals surface area contributed by atoms with Crippen LogP contribution in [0.2, 0.25) is 5.15 Å². The van der Waals surface area contributed by atoms with Crippen molar-refractivity contribution in [2.45, 2.75) is 32.4 Å². The molecule has 0 saturated heterocycles. The van der Waals surface area contributed by atoms with Crippen molar-refractivity contribution < 1.29 is 19.1 Å². The predicted molar refractivity (Wildman–Crippen MR) is 101 cm³/mol. The standard InChI is InChI=1S/C19H20ClN3O4/c1-12(22-19(26)14-7-4-3-5-8-14)11-16(24)27-13(2)18(25)23-15-9-6-10-21-17(15)20/h3-10,12-13H,11H2,1-2H3,(H,22,26)(H,23,25). The summed E-state index contributed by atoms with van der Waals surface area (Å²) in [5, 5.41) is 5.39. The minimum absolute atomic E-state index is 0.0656. The van der Waals surface area contributed by atoms with E-state index in [0.29, 0.717) is 11.3 Å². The second kappa shape index (κ2) is 9.68. The highest BCUT2D eigenvalue weighted by molar-refractivity contribution is 6.32. The summed E-state index contributed by atoms with van der Waals surface area (Å²) in [6, 6.07) is 11.4. The molecule has 0 spiro atoms. The molecule has 0 aliphatic heterocycles. The van der Waals surface area contributed by atoms with Crippen molar-refractivity contribution in [2.75, 3.05) is 5.32 Å². The van der Waals surface area contributed by atoms with Gasteiger partial charge in [0.05, 0.1) is 12.1 Å². The maximum atomic E-state index is 12.1. The van der Waals surface area contributed by atoms with Crippen LogP contribution in [0.25, 0.3) is 0 Å². The van der Waals surface area contributed by atoms with E-state index in [2.05, 4.69) is 15.6 Å². The Bertz CT molecular complexity index is 814. The number of rotatable bonds is 7. The Morgan fingerprint density at radius 3 is 2.48 bits per heavy atom. The molecule has 0 saturated carbocycles. The third-order valence-corrected chi connectivity index (χ3v) is 3.88. The average Bonchev–Trinajstić information content (AvgIpc) is 2.63. The largest absolute Gasteiger partial charge is 0.452 e. The molecular formula is C19H20ClN3O4. The second-order valence-corrected chi connectivity index (χ2v) is 6.27. The number of hydrogen-bond acceptors (Lipinski definition) is 5. The molecule has 2 unspecified atom stereocenters. The fourth-order valence-corrected chi connectivity index (χ4v) is 2.38. The van der Waals surface area contributed by atoms with Crippen LogP contribution >= 0.6 is 11.6 Å². The number of nitrogens with one attached hydrogen (secondary N) is 2. The first-order valence-corrected chi connectivity index (χ1v) is 8.71. The summed E-state index contributed by atoms with van der Waals surface area (Å²) in [5.41, 5.74) is 0.828. The van der Waals surface area contributed by atoms with Gasteiger partial charge in [0.2, 0.25) is 0 Å². The lowest BCUT2D eigenvalue weighted by Gasteiger charge is -2.17. The lowest BCUT2D eigenvalue weighted by atomic mass is 10.2. The number of aromatic nitrogens is 1. The van der Waals surface area contributed by atoms with E-state index in [4.69, 9.17) is 16.3 Å². The first-order valence-electron chi connectivity index (χ1n) is 8.33. The van der Waals surface area contributed by atoms with Gasteiger partial charge >= 0.3 is 5.97 Å². The van der Waals surface area contributed by atoms with E-state index in [1.54, 1.807) is 43.3 Å². The molecule has 2 aromatic rings. The van der Waals surface area contributed by atoms with Gasteiger partial charge in [0.1, 0.15) is 0 Å². The molecule has 1 aromatic heterocycles. The summed E-state index contributed by atoms with van der Waals surface area (Å²) in [5.74, 6) is -1.41. The second-order valence-electron chi connectivity index (χ2n) is 5.91. The van der Waals surface area contributed by atoms with Gasteiger partial charge in [0.25, 0.3) is 11.8 Å². The van der Waals surface area contributed by atoms with E-state index >= 15 is 0 Å². The summed E-state index contributed by atoms with van der Waals surface area (Å²) in [6.45, 7) is 3.13. The Labute approximate surface area is 162 Å². The van der Waals surface area contributed by atoms with Crippen molar-refractivity contribution >= 4 is 35.1 Å². The van der Waals surface area contributed by atoms with Crippen LogP contribution in [0.5, 0.6) is 0 Å². The molecule has 7 nitrogen and oxygen atoms in total. The van der Waals surface area contributed by atoms with Gasteiger partial charge in [-0.2, -0.15) is 0 Å². The van der Waals surface area contributed by atoms with Crippen molar-refractivity contribution in [3.05, 3.63) is 59.4 Å². The number of anilines is 1. The minimum atomic E-state index is -1.02. The normalized spacial score (nSPS) is 12.6. The van der Waals surface area contributed by atoms with Gasteiger partial charge in [-0.15, -0.1) is 0 Å². The number of amides is 2. The number of hydrogen-bond donors (Lipinski definition) is 2. The molecule has 2 N–H and O–H groups in total. The smallest absolute Gasteiger partial charge is 0.308 e. The molecule has 0 aliphatic rings. The Hall–Kier alpha value is -2.93. The highest BCUT2D eigenvalue weighted by Gasteiger charge is 2.21. The van der Waals surface area contributed by atoms with Crippen LogP contribution in [0.4, 0.5) is 5.69 Å². The topological polar surface area (TPSA) is 97.4 Å². The molecule has 1 aromatic carbocycles. The number of carbonyl (C=O) groups excluding carboxylic acids is 3. The van der Waals surface area contributed by atoms with Crippen LogP contribution in [0.15, 0.2) is 48.7 Å². The number of nitrogens with zero attached hydrogens (tertiary/aromatic N) is 1. The number of carbonyl (C=O) groups is 3. The Morgan fingerprint density at radius 1 is 1.11 bits per heavy atom. The molecule has 142 valence electrons. The number of pyridine rings is 1. The third-order valence-electron chi connectivity index (χ3n) is 3.58. The van der Waals surface area contributed by atoms with Gasteiger partial charge in [0.15, 0.2) is 11.3 Å². The fourth-order valence-electron chi connectivity index (χ4n) is 2.21. The summed E-state index contributed by atoms with van der Waals surface area (Å²) in [4.78, 5) is 40.0. The maximum absolute atomic E-state index is 12.1. The summed E-state index contributed by atoms with van der Waals surface area (Å²) >= 11 is 5.87. The summed E-state index contributed by atoms with van der Waals surface area (Å²) in [7, 11) is 0. The monoisotopic (exact) mass is 389 g/mol. The molecule has 0 bridgehead atoms. The number of halogens is 1. The highest BCUT2D eigenvalue weighted by Crippen LogP contribution is 2.17. The molecule has 0 radical (unpaired) electrons. The van der Waals surface area contributed by atoms with Gasteiger partial charge in [-0.05, 0) is 38.1 Å². The molecular weight excluding hydrogens is 370 g/mol. The van der Waals surface area contributed by atoms with E-state index in [1.807, 2.05) is 6.07 Å². The molecule has 0 fully saturated rings. The van der Waals surface area contributed by atoms with Crippen molar-refractivity contribution in [3.8, 4) is 0 Å². The summed E-state index contributed by atoms with van der Waals surface area (Å²) in [6.07, 6.45) is 0.405. The molecule has 8 heteroatoms. The van der Waals surface area contributed by atoms with Crippen LogP contribution in [-0.4, -0.2) is 34.9 Å². The minimum Gasteiger partial charge on any atom is -0.452 e. The van der Waals surface area contributed by atoms with Crippen molar-refractivity contribution in [2.24, 2.45) is 0 Å².